The van der Waals surface area contributed by atoms with E-state index in [0.29, 0.717) is 30.9 Å². The minimum absolute atomic E-state index is 0.0903. The summed E-state index contributed by atoms with van der Waals surface area (Å²) >= 11 is 3.41. The molecule has 3 rings (SSSR count). The highest BCUT2D eigenvalue weighted by Crippen LogP contribution is 2.29. The van der Waals surface area contributed by atoms with Crippen molar-refractivity contribution < 1.29 is 19.1 Å². The molecule has 1 amide bonds. The van der Waals surface area contributed by atoms with Gasteiger partial charge in [0.1, 0.15) is 5.56 Å². The third-order valence-electron chi connectivity index (χ3n) is 4.70. The molecule has 0 aliphatic carbocycles. The summed E-state index contributed by atoms with van der Waals surface area (Å²) < 4.78 is 12.5. The molecule has 1 aromatic carbocycles. The lowest BCUT2D eigenvalue weighted by atomic mass is 9.97. The van der Waals surface area contributed by atoms with Gasteiger partial charge in [0.2, 0.25) is 0 Å². The molecule has 9 nitrogen and oxygen atoms in total. The number of rotatable bonds is 6. The fourth-order valence-electron chi connectivity index (χ4n) is 3.12. The third-order valence-corrected chi connectivity index (χ3v) is 5.47. The van der Waals surface area contributed by atoms with Crippen molar-refractivity contribution in [2.24, 2.45) is 11.7 Å². The molecule has 10 heteroatoms. The number of nitriles is 1. The largest absolute Gasteiger partial charge is 0.469 e. The molecular weight excluding hydrogens is 442 g/mol. The second-order valence-electron chi connectivity index (χ2n) is 6.59. The lowest BCUT2D eigenvalue weighted by Gasteiger charge is -2.26. The molecule has 1 aliphatic heterocycles. The molecule has 2 atom stereocenters. The standard InChI is InChI=1S/C19H20BrN5O4/c1-28-17(26)7-12-6-13(2-3-15(12)20)23-19-14(18(22)27)9-25(24-19)16-10-29-5-4-11(16)8-21/h2-3,6,9,11,16H,4-5,7,10H2,1H3,(H2,22,27)(H,23,24)/t11-,16+/m0/s1. The van der Waals surface area contributed by atoms with Crippen LogP contribution in [0.25, 0.3) is 0 Å². The molecule has 1 aromatic heterocycles. The normalized spacial score (nSPS) is 18.7. The number of benzene rings is 1. The number of carbonyl (C=O) groups is 2. The van der Waals surface area contributed by atoms with Gasteiger partial charge in [0.25, 0.3) is 5.91 Å². The molecule has 2 heterocycles. The number of halogens is 1. The van der Waals surface area contributed by atoms with E-state index in [0.717, 1.165) is 4.47 Å². The first-order valence-corrected chi connectivity index (χ1v) is 9.70. The number of esters is 1. The molecule has 0 spiro atoms. The number of hydrogen-bond donors (Lipinski definition) is 2. The molecule has 0 saturated carbocycles. The number of amides is 1. The molecule has 29 heavy (non-hydrogen) atoms. The van der Waals surface area contributed by atoms with Crippen LogP contribution in [0.1, 0.15) is 28.4 Å². The van der Waals surface area contributed by atoms with Crippen LogP contribution >= 0.6 is 15.9 Å². The Morgan fingerprint density at radius 1 is 1.52 bits per heavy atom. The van der Waals surface area contributed by atoms with Gasteiger partial charge in [-0.3, -0.25) is 14.3 Å². The highest BCUT2D eigenvalue weighted by atomic mass is 79.9. The van der Waals surface area contributed by atoms with E-state index in [1.165, 1.54) is 13.3 Å². The van der Waals surface area contributed by atoms with Crippen molar-refractivity contribution in [3.05, 3.63) is 40.0 Å². The van der Waals surface area contributed by atoms with Gasteiger partial charge >= 0.3 is 5.97 Å². The van der Waals surface area contributed by atoms with Crippen LogP contribution in [0.2, 0.25) is 0 Å². The van der Waals surface area contributed by atoms with Crippen molar-refractivity contribution >= 4 is 39.3 Å². The number of anilines is 2. The average molecular weight is 462 g/mol. The van der Waals surface area contributed by atoms with Gasteiger partial charge in [-0.25, -0.2) is 0 Å². The van der Waals surface area contributed by atoms with Gasteiger partial charge in [-0.15, -0.1) is 0 Å². The number of ether oxygens (including phenoxy) is 2. The Kier molecular flexibility index (Phi) is 6.51. The van der Waals surface area contributed by atoms with Crippen LogP contribution in [0.5, 0.6) is 0 Å². The molecule has 1 aliphatic rings. The first-order chi connectivity index (χ1) is 13.9. The van der Waals surface area contributed by atoms with Crippen molar-refractivity contribution in [3.63, 3.8) is 0 Å². The maximum atomic E-state index is 11.9. The quantitative estimate of drug-likeness (QED) is 0.630. The number of carbonyl (C=O) groups excluding carboxylic acids is 2. The van der Waals surface area contributed by atoms with Crippen molar-refractivity contribution in [2.45, 2.75) is 18.9 Å². The monoisotopic (exact) mass is 461 g/mol. The number of aromatic nitrogens is 2. The number of nitrogens with two attached hydrogens (primary N) is 1. The average Bonchev–Trinajstić information content (AvgIpc) is 3.14. The Morgan fingerprint density at radius 3 is 3.00 bits per heavy atom. The summed E-state index contributed by atoms with van der Waals surface area (Å²) in [6.07, 6.45) is 2.22. The van der Waals surface area contributed by atoms with E-state index in [1.807, 2.05) is 0 Å². The van der Waals surface area contributed by atoms with Crippen LogP contribution < -0.4 is 11.1 Å². The summed E-state index contributed by atoms with van der Waals surface area (Å²) in [6, 6.07) is 7.28. The molecule has 0 bridgehead atoms. The topological polar surface area (TPSA) is 132 Å². The zero-order chi connectivity index (χ0) is 21.0. The van der Waals surface area contributed by atoms with Crippen LogP contribution in [0, 0.1) is 17.2 Å². The number of nitrogens with zero attached hydrogens (tertiary/aromatic N) is 3. The number of primary amides is 1. The maximum absolute atomic E-state index is 11.9. The molecule has 0 unspecified atom stereocenters. The van der Waals surface area contributed by atoms with Crippen LogP contribution in [0.15, 0.2) is 28.9 Å². The SMILES string of the molecule is COC(=O)Cc1cc(Nc2nn([C@@H]3COCC[C@H]3C#N)cc2C(N)=O)ccc1Br. The zero-order valence-corrected chi connectivity index (χ0v) is 17.3. The second kappa shape index (κ2) is 9.07. The summed E-state index contributed by atoms with van der Waals surface area (Å²) in [5, 5.41) is 16.9. The van der Waals surface area contributed by atoms with E-state index in [4.69, 9.17) is 15.2 Å². The second-order valence-corrected chi connectivity index (χ2v) is 7.44. The number of hydrogen-bond acceptors (Lipinski definition) is 7. The van der Waals surface area contributed by atoms with E-state index in [1.54, 1.807) is 22.9 Å². The lowest BCUT2D eigenvalue weighted by molar-refractivity contribution is -0.139. The Hall–Kier alpha value is -2.90. The Labute approximate surface area is 175 Å². The van der Waals surface area contributed by atoms with Crippen LogP contribution in [-0.4, -0.2) is 42.0 Å². The highest BCUT2D eigenvalue weighted by molar-refractivity contribution is 9.10. The number of nitrogens with one attached hydrogen (secondary N) is 1. The number of methoxy groups -OCH3 is 1. The van der Waals surface area contributed by atoms with Gasteiger partial charge in [0.05, 0.1) is 38.2 Å². The van der Waals surface area contributed by atoms with E-state index in [9.17, 15) is 14.9 Å². The van der Waals surface area contributed by atoms with Gasteiger partial charge < -0.3 is 20.5 Å². The summed E-state index contributed by atoms with van der Waals surface area (Å²) in [5.74, 6) is -1.01. The Bertz CT molecular complexity index is 968. The van der Waals surface area contributed by atoms with Gasteiger partial charge in [-0.1, -0.05) is 15.9 Å². The van der Waals surface area contributed by atoms with E-state index in [-0.39, 0.29) is 35.7 Å². The van der Waals surface area contributed by atoms with Crippen molar-refractivity contribution in [2.75, 3.05) is 25.6 Å². The molecule has 0 radical (unpaired) electrons. The summed E-state index contributed by atoms with van der Waals surface area (Å²) in [6.45, 7) is 0.852. The van der Waals surface area contributed by atoms with Gasteiger partial charge in [0, 0.05) is 23.0 Å². The predicted octanol–water partition coefficient (Wildman–Crippen LogP) is 2.30. The molecular formula is C19H20BrN5O4. The Morgan fingerprint density at radius 2 is 2.31 bits per heavy atom. The van der Waals surface area contributed by atoms with Crippen molar-refractivity contribution in [1.29, 1.82) is 5.26 Å². The van der Waals surface area contributed by atoms with E-state index < -0.39 is 5.91 Å². The molecule has 152 valence electrons. The lowest BCUT2D eigenvalue weighted by Crippen LogP contribution is -2.29. The van der Waals surface area contributed by atoms with E-state index in [2.05, 4.69) is 32.4 Å². The first-order valence-electron chi connectivity index (χ1n) is 8.91. The van der Waals surface area contributed by atoms with Gasteiger partial charge in [-0.2, -0.15) is 10.4 Å². The van der Waals surface area contributed by atoms with E-state index >= 15 is 0 Å². The molecule has 1 fully saturated rings. The fraction of sp³-hybridized carbons (Fsp3) is 0.368. The zero-order valence-electron chi connectivity index (χ0n) is 15.7. The Balaban J connectivity index is 1.90. The fourth-order valence-corrected chi connectivity index (χ4v) is 3.51. The molecule has 2 aromatic rings. The van der Waals surface area contributed by atoms with Crippen LogP contribution in [0.4, 0.5) is 11.5 Å². The minimum atomic E-state index is -0.643. The summed E-state index contributed by atoms with van der Waals surface area (Å²) in [5.41, 5.74) is 7.05. The molecule has 3 N–H and O–H groups in total. The van der Waals surface area contributed by atoms with Crippen molar-refractivity contribution in [3.8, 4) is 6.07 Å². The summed E-state index contributed by atoms with van der Waals surface area (Å²) in [4.78, 5) is 23.5. The van der Waals surface area contributed by atoms with Gasteiger partial charge in [-0.05, 0) is 30.2 Å². The summed E-state index contributed by atoms with van der Waals surface area (Å²) in [7, 11) is 1.33. The maximum Gasteiger partial charge on any atom is 0.310 e. The smallest absolute Gasteiger partial charge is 0.310 e. The predicted molar refractivity (Wildman–Crippen MR) is 107 cm³/mol. The molecule has 1 saturated heterocycles. The van der Waals surface area contributed by atoms with Crippen LogP contribution in [-0.2, 0) is 20.7 Å². The van der Waals surface area contributed by atoms with Crippen molar-refractivity contribution in [1.82, 2.24) is 9.78 Å². The third kappa shape index (κ3) is 4.75. The van der Waals surface area contributed by atoms with Crippen LogP contribution in [0.3, 0.4) is 0 Å². The minimum Gasteiger partial charge on any atom is -0.469 e. The first kappa shape index (κ1) is 20.8. The van der Waals surface area contributed by atoms with Gasteiger partial charge in [0.15, 0.2) is 5.82 Å². The highest BCUT2D eigenvalue weighted by Gasteiger charge is 2.29.